The van der Waals surface area contributed by atoms with E-state index < -0.39 is 5.54 Å². The quantitative estimate of drug-likeness (QED) is 0.798. The number of carbonyl (C=O) groups is 2. The molecule has 6 nitrogen and oxygen atoms in total. The zero-order valence-electron chi connectivity index (χ0n) is 16.9. The first-order valence-electron chi connectivity index (χ1n) is 10.7. The summed E-state index contributed by atoms with van der Waals surface area (Å²) in [6, 6.07) is 8.03. The van der Waals surface area contributed by atoms with Crippen LogP contribution in [0.25, 0.3) is 0 Å². The minimum absolute atomic E-state index is 0.0866. The standard InChI is InChI=1S/C22H31N3O3/c1-2-11-24-12-5-9-22(21(24)27)10-6-13-25(22)20(26)17-23-14-15-28-19-8-4-3-7-18(19)16-23/h3-4,7-8H,2,5-6,9-17H2,1H3. The number of carbonyl (C=O) groups excluding carboxylic acids is 2. The molecular weight excluding hydrogens is 354 g/mol. The summed E-state index contributed by atoms with van der Waals surface area (Å²) in [5, 5.41) is 0. The van der Waals surface area contributed by atoms with Crippen molar-refractivity contribution < 1.29 is 14.3 Å². The van der Waals surface area contributed by atoms with Gasteiger partial charge in [-0.25, -0.2) is 0 Å². The van der Waals surface area contributed by atoms with E-state index in [1.807, 2.05) is 28.0 Å². The maximum Gasteiger partial charge on any atom is 0.248 e. The van der Waals surface area contributed by atoms with Crippen LogP contribution >= 0.6 is 0 Å². The Morgan fingerprint density at radius 2 is 1.93 bits per heavy atom. The molecule has 0 bridgehead atoms. The van der Waals surface area contributed by atoms with E-state index in [1.54, 1.807) is 0 Å². The van der Waals surface area contributed by atoms with Crippen molar-refractivity contribution in [1.29, 1.82) is 0 Å². The fourth-order valence-corrected chi connectivity index (χ4v) is 5.06. The average molecular weight is 386 g/mol. The van der Waals surface area contributed by atoms with Crippen LogP contribution in [0.15, 0.2) is 24.3 Å². The Morgan fingerprint density at radius 3 is 2.75 bits per heavy atom. The summed E-state index contributed by atoms with van der Waals surface area (Å²) >= 11 is 0. The van der Waals surface area contributed by atoms with E-state index in [2.05, 4.69) is 17.9 Å². The Morgan fingerprint density at radius 1 is 1.14 bits per heavy atom. The summed E-state index contributed by atoms with van der Waals surface area (Å²) in [5.74, 6) is 1.17. The van der Waals surface area contributed by atoms with Crippen molar-refractivity contribution in [3.63, 3.8) is 0 Å². The first kappa shape index (κ1) is 19.2. The predicted molar refractivity (Wildman–Crippen MR) is 107 cm³/mol. The molecule has 2 fully saturated rings. The number of nitrogens with zero attached hydrogens (tertiary/aromatic N) is 3. The Balaban J connectivity index is 1.47. The van der Waals surface area contributed by atoms with Crippen molar-refractivity contribution in [2.45, 2.75) is 51.1 Å². The normalized spacial score (nSPS) is 25.5. The van der Waals surface area contributed by atoms with Gasteiger partial charge in [-0.3, -0.25) is 14.5 Å². The fraction of sp³-hybridized carbons (Fsp3) is 0.636. The summed E-state index contributed by atoms with van der Waals surface area (Å²) in [5.41, 5.74) is 0.525. The van der Waals surface area contributed by atoms with Gasteiger partial charge in [-0.2, -0.15) is 0 Å². The zero-order valence-corrected chi connectivity index (χ0v) is 16.9. The Kier molecular flexibility index (Phi) is 5.58. The molecule has 2 amide bonds. The van der Waals surface area contributed by atoms with Crippen LogP contribution in [-0.4, -0.2) is 71.4 Å². The van der Waals surface area contributed by atoms with Crippen LogP contribution in [0.1, 0.15) is 44.6 Å². The first-order chi connectivity index (χ1) is 13.6. The van der Waals surface area contributed by atoms with Crippen molar-refractivity contribution in [3.8, 4) is 5.75 Å². The Hall–Kier alpha value is -2.08. The minimum atomic E-state index is -0.593. The highest BCUT2D eigenvalue weighted by Gasteiger charge is 2.52. The van der Waals surface area contributed by atoms with Crippen molar-refractivity contribution in [2.75, 3.05) is 39.3 Å². The predicted octanol–water partition coefficient (Wildman–Crippen LogP) is 2.27. The molecule has 6 heteroatoms. The number of rotatable bonds is 4. The SMILES string of the molecule is CCCN1CCCC2(CCCN2C(=O)CN2CCOc3ccccc3C2)C1=O. The van der Waals surface area contributed by atoms with E-state index in [-0.39, 0.29) is 11.8 Å². The molecule has 1 unspecified atom stereocenters. The number of hydrogen-bond donors (Lipinski definition) is 0. The van der Waals surface area contributed by atoms with E-state index in [1.165, 1.54) is 0 Å². The number of fused-ring (bicyclic) bond motifs is 1. The largest absolute Gasteiger partial charge is 0.492 e. The van der Waals surface area contributed by atoms with Gasteiger partial charge in [0, 0.05) is 38.3 Å². The summed E-state index contributed by atoms with van der Waals surface area (Å²) in [4.78, 5) is 32.6. The third-order valence-electron chi connectivity index (χ3n) is 6.38. The molecule has 3 aliphatic rings. The van der Waals surface area contributed by atoms with Crippen molar-refractivity contribution >= 4 is 11.8 Å². The molecule has 3 heterocycles. The van der Waals surface area contributed by atoms with Gasteiger partial charge in [-0.05, 0) is 38.2 Å². The molecule has 28 heavy (non-hydrogen) atoms. The van der Waals surface area contributed by atoms with E-state index >= 15 is 0 Å². The van der Waals surface area contributed by atoms with Crippen LogP contribution in [0.3, 0.4) is 0 Å². The first-order valence-corrected chi connectivity index (χ1v) is 10.7. The highest BCUT2D eigenvalue weighted by atomic mass is 16.5. The second-order valence-corrected chi connectivity index (χ2v) is 8.24. The molecule has 152 valence electrons. The summed E-state index contributed by atoms with van der Waals surface area (Å²) in [6.45, 7) is 6.78. The average Bonchev–Trinajstić information content (AvgIpc) is 3.00. The van der Waals surface area contributed by atoms with Crippen LogP contribution in [0.4, 0.5) is 0 Å². The van der Waals surface area contributed by atoms with Gasteiger partial charge < -0.3 is 14.5 Å². The lowest BCUT2D eigenvalue weighted by molar-refractivity contribution is -0.155. The van der Waals surface area contributed by atoms with E-state index in [0.29, 0.717) is 26.2 Å². The number of amides is 2. The van der Waals surface area contributed by atoms with Gasteiger partial charge in [0.25, 0.3) is 0 Å². The van der Waals surface area contributed by atoms with E-state index in [0.717, 1.165) is 63.1 Å². The molecule has 0 aromatic heterocycles. The van der Waals surface area contributed by atoms with Gasteiger partial charge in [-0.1, -0.05) is 25.1 Å². The van der Waals surface area contributed by atoms with Crippen molar-refractivity contribution in [2.24, 2.45) is 0 Å². The monoisotopic (exact) mass is 385 g/mol. The number of ether oxygens (including phenoxy) is 1. The van der Waals surface area contributed by atoms with Gasteiger partial charge >= 0.3 is 0 Å². The number of benzene rings is 1. The maximum absolute atomic E-state index is 13.3. The van der Waals surface area contributed by atoms with Crippen LogP contribution in [0.5, 0.6) is 5.75 Å². The molecule has 4 rings (SSSR count). The third-order valence-corrected chi connectivity index (χ3v) is 6.38. The number of para-hydroxylation sites is 1. The molecule has 0 radical (unpaired) electrons. The maximum atomic E-state index is 13.3. The van der Waals surface area contributed by atoms with Crippen molar-refractivity contribution in [3.05, 3.63) is 29.8 Å². The second-order valence-electron chi connectivity index (χ2n) is 8.24. The van der Waals surface area contributed by atoms with Crippen LogP contribution in [-0.2, 0) is 16.1 Å². The molecule has 0 aliphatic carbocycles. The lowest BCUT2D eigenvalue weighted by Gasteiger charge is -2.45. The molecule has 1 aromatic carbocycles. The van der Waals surface area contributed by atoms with Gasteiger partial charge in [-0.15, -0.1) is 0 Å². The smallest absolute Gasteiger partial charge is 0.248 e. The fourth-order valence-electron chi connectivity index (χ4n) is 5.06. The Bertz CT molecular complexity index is 735. The zero-order chi connectivity index (χ0) is 19.6. The summed E-state index contributed by atoms with van der Waals surface area (Å²) in [6.07, 6.45) is 4.49. The van der Waals surface area contributed by atoms with Gasteiger partial charge in [0.1, 0.15) is 17.9 Å². The minimum Gasteiger partial charge on any atom is -0.492 e. The van der Waals surface area contributed by atoms with Crippen LogP contribution in [0, 0.1) is 0 Å². The highest BCUT2D eigenvalue weighted by molar-refractivity contribution is 5.93. The Labute approximate surface area is 167 Å². The second kappa shape index (κ2) is 8.11. The molecule has 2 saturated heterocycles. The van der Waals surface area contributed by atoms with Crippen molar-refractivity contribution in [1.82, 2.24) is 14.7 Å². The van der Waals surface area contributed by atoms with Gasteiger partial charge in [0.15, 0.2) is 0 Å². The van der Waals surface area contributed by atoms with Gasteiger partial charge in [0.2, 0.25) is 11.8 Å². The van der Waals surface area contributed by atoms with Gasteiger partial charge in [0.05, 0.1) is 6.54 Å². The molecule has 0 saturated carbocycles. The lowest BCUT2D eigenvalue weighted by Crippen LogP contribution is -2.62. The number of hydrogen-bond acceptors (Lipinski definition) is 4. The number of likely N-dealkylation sites (tertiary alicyclic amines) is 2. The molecule has 1 atom stereocenters. The topological polar surface area (TPSA) is 53.1 Å². The molecule has 1 spiro atoms. The highest BCUT2D eigenvalue weighted by Crippen LogP contribution is 2.38. The summed E-state index contributed by atoms with van der Waals surface area (Å²) < 4.78 is 5.83. The van der Waals surface area contributed by atoms with Crippen LogP contribution < -0.4 is 4.74 Å². The van der Waals surface area contributed by atoms with E-state index in [4.69, 9.17) is 4.74 Å². The molecule has 0 N–H and O–H groups in total. The van der Waals surface area contributed by atoms with E-state index in [9.17, 15) is 9.59 Å². The van der Waals surface area contributed by atoms with Crippen LogP contribution in [0.2, 0.25) is 0 Å². The summed E-state index contributed by atoms with van der Waals surface area (Å²) in [7, 11) is 0. The molecule has 3 aliphatic heterocycles. The molecule has 1 aromatic rings. The number of piperidine rings is 1. The molecular formula is C22H31N3O3. The lowest BCUT2D eigenvalue weighted by atomic mass is 9.85. The third kappa shape index (κ3) is 3.50.